The lowest BCUT2D eigenvalue weighted by molar-refractivity contribution is -0.0816. The van der Waals surface area contributed by atoms with E-state index in [1.54, 1.807) is 0 Å². The van der Waals surface area contributed by atoms with Crippen LogP contribution in [0, 0.1) is 5.92 Å². The lowest BCUT2D eigenvalue weighted by atomic mass is 9.72. The number of sulfonamides is 1. The Morgan fingerprint density at radius 3 is 2.95 bits per heavy atom. The van der Waals surface area contributed by atoms with Crippen molar-refractivity contribution in [3.05, 3.63) is 18.5 Å². The van der Waals surface area contributed by atoms with E-state index in [-0.39, 0.29) is 16.5 Å². The summed E-state index contributed by atoms with van der Waals surface area (Å²) in [7, 11) is -3.64. The van der Waals surface area contributed by atoms with Crippen LogP contribution in [0.4, 0.5) is 5.69 Å². The summed E-state index contributed by atoms with van der Waals surface area (Å²) >= 11 is 0. The summed E-state index contributed by atoms with van der Waals surface area (Å²) in [5.74, 6) is 0.0210. The third-order valence-electron chi connectivity index (χ3n) is 4.82. The maximum atomic E-state index is 12.7. The van der Waals surface area contributed by atoms with E-state index in [1.807, 2.05) is 0 Å². The molecule has 0 aromatic carbocycles. The Kier molecular flexibility index (Phi) is 3.67. The molecule has 1 aliphatic carbocycles. The molecule has 0 spiro atoms. The van der Waals surface area contributed by atoms with E-state index in [0.717, 1.165) is 25.7 Å². The minimum Gasteiger partial charge on any atom is -0.398 e. The maximum Gasteiger partial charge on any atom is 0.246 e. The molecule has 6 nitrogen and oxygen atoms in total. The molecule has 116 valence electrons. The molecular formula is C14H21N3O3S. The highest BCUT2D eigenvalue weighted by Crippen LogP contribution is 2.41. The SMILES string of the molecule is Nc1ccncc1S(=O)(=O)N1CCC2(O)CCCCC2C1. The molecule has 2 aliphatic rings. The van der Waals surface area contributed by atoms with E-state index in [0.29, 0.717) is 19.5 Å². The van der Waals surface area contributed by atoms with E-state index in [1.165, 1.54) is 22.8 Å². The summed E-state index contributed by atoms with van der Waals surface area (Å²) in [6, 6.07) is 1.49. The van der Waals surface area contributed by atoms with Crippen molar-refractivity contribution in [1.29, 1.82) is 0 Å². The van der Waals surface area contributed by atoms with Crippen LogP contribution in [0.3, 0.4) is 0 Å². The summed E-state index contributed by atoms with van der Waals surface area (Å²) in [6.07, 6.45) is 7.00. The summed E-state index contributed by atoms with van der Waals surface area (Å²) < 4.78 is 26.9. The van der Waals surface area contributed by atoms with E-state index < -0.39 is 15.6 Å². The molecule has 1 saturated carbocycles. The number of anilines is 1. The van der Waals surface area contributed by atoms with Gasteiger partial charge in [-0.3, -0.25) is 4.98 Å². The van der Waals surface area contributed by atoms with Gasteiger partial charge in [-0.15, -0.1) is 0 Å². The molecule has 21 heavy (non-hydrogen) atoms. The second kappa shape index (κ2) is 5.23. The zero-order chi connectivity index (χ0) is 15.1. The van der Waals surface area contributed by atoms with E-state index in [4.69, 9.17) is 5.73 Å². The van der Waals surface area contributed by atoms with Crippen LogP contribution in [0.25, 0.3) is 0 Å². The molecule has 2 heterocycles. The van der Waals surface area contributed by atoms with Gasteiger partial charge < -0.3 is 10.8 Å². The van der Waals surface area contributed by atoms with Gasteiger partial charge in [0.2, 0.25) is 10.0 Å². The van der Waals surface area contributed by atoms with Crippen molar-refractivity contribution in [1.82, 2.24) is 9.29 Å². The Morgan fingerprint density at radius 1 is 1.38 bits per heavy atom. The molecule has 7 heteroatoms. The van der Waals surface area contributed by atoms with Crippen LogP contribution >= 0.6 is 0 Å². The van der Waals surface area contributed by atoms with Crippen molar-refractivity contribution in [3.8, 4) is 0 Å². The van der Waals surface area contributed by atoms with Crippen molar-refractivity contribution in [2.24, 2.45) is 5.92 Å². The highest BCUT2D eigenvalue weighted by molar-refractivity contribution is 7.89. The summed E-state index contributed by atoms with van der Waals surface area (Å²) in [6.45, 7) is 0.705. The van der Waals surface area contributed by atoms with Crippen molar-refractivity contribution < 1.29 is 13.5 Å². The molecule has 1 aromatic rings. The number of aromatic nitrogens is 1. The average molecular weight is 311 g/mol. The number of fused-ring (bicyclic) bond motifs is 1. The monoisotopic (exact) mass is 311 g/mol. The minimum atomic E-state index is -3.64. The van der Waals surface area contributed by atoms with Gasteiger partial charge in [-0.25, -0.2) is 8.42 Å². The maximum absolute atomic E-state index is 12.7. The molecular weight excluding hydrogens is 290 g/mol. The first-order valence-electron chi connectivity index (χ1n) is 7.35. The molecule has 3 rings (SSSR count). The Labute approximate surface area is 125 Å². The standard InChI is InChI=1S/C14H21N3O3S/c15-12-4-7-16-9-13(12)21(19,20)17-8-6-14(18)5-2-1-3-11(14)10-17/h4,7,9,11,18H,1-3,5-6,8,10H2,(H2,15,16). The van der Waals surface area contributed by atoms with Crippen LogP contribution in [0.5, 0.6) is 0 Å². The van der Waals surface area contributed by atoms with E-state index >= 15 is 0 Å². The first-order chi connectivity index (χ1) is 9.93. The van der Waals surface area contributed by atoms with Crippen LogP contribution in [-0.2, 0) is 10.0 Å². The smallest absolute Gasteiger partial charge is 0.246 e. The van der Waals surface area contributed by atoms with E-state index in [9.17, 15) is 13.5 Å². The van der Waals surface area contributed by atoms with Gasteiger partial charge in [-0.1, -0.05) is 12.8 Å². The molecule has 0 amide bonds. The van der Waals surface area contributed by atoms with Gasteiger partial charge in [-0.05, 0) is 25.3 Å². The van der Waals surface area contributed by atoms with Gasteiger partial charge in [0.05, 0.1) is 11.3 Å². The summed E-state index contributed by atoms with van der Waals surface area (Å²) in [5.41, 5.74) is 5.30. The van der Waals surface area contributed by atoms with Crippen LogP contribution < -0.4 is 5.73 Å². The lowest BCUT2D eigenvalue weighted by Crippen LogP contribution is -2.54. The number of hydrogen-bond acceptors (Lipinski definition) is 5. The van der Waals surface area contributed by atoms with Crippen molar-refractivity contribution >= 4 is 15.7 Å². The average Bonchev–Trinajstić information content (AvgIpc) is 2.46. The van der Waals surface area contributed by atoms with Gasteiger partial charge >= 0.3 is 0 Å². The van der Waals surface area contributed by atoms with Gasteiger partial charge in [0.1, 0.15) is 4.90 Å². The number of hydrogen-bond donors (Lipinski definition) is 2. The van der Waals surface area contributed by atoms with Gasteiger partial charge in [0, 0.05) is 31.4 Å². The second-order valence-electron chi connectivity index (χ2n) is 6.07. The molecule has 1 aromatic heterocycles. The predicted molar refractivity (Wildman–Crippen MR) is 78.9 cm³/mol. The molecule has 0 radical (unpaired) electrons. The molecule has 0 bridgehead atoms. The van der Waals surface area contributed by atoms with Crippen LogP contribution in [0.15, 0.2) is 23.4 Å². The summed E-state index contributed by atoms with van der Waals surface area (Å²) in [4.78, 5) is 3.93. The summed E-state index contributed by atoms with van der Waals surface area (Å²) in [5, 5.41) is 10.6. The van der Waals surface area contributed by atoms with Gasteiger partial charge in [-0.2, -0.15) is 4.31 Å². The third-order valence-corrected chi connectivity index (χ3v) is 6.73. The normalized spacial score (nSPS) is 30.8. The largest absolute Gasteiger partial charge is 0.398 e. The molecule has 2 unspecified atom stereocenters. The third kappa shape index (κ3) is 2.54. The fourth-order valence-corrected chi connectivity index (χ4v) is 5.05. The van der Waals surface area contributed by atoms with Crippen LogP contribution in [-0.4, -0.2) is 41.5 Å². The quantitative estimate of drug-likeness (QED) is 0.848. The van der Waals surface area contributed by atoms with Crippen molar-refractivity contribution in [3.63, 3.8) is 0 Å². The zero-order valence-corrected chi connectivity index (χ0v) is 12.7. The van der Waals surface area contributed by atoms with Gasteiger partial charge in [0.25, 0.3) is 0 Å². The number of nitrogens with two attached hydrogens (primary N) is 1. The number of nitrogens with zero attached hydrogens (tertiary/aromatic N) is 2. The molecule has 2 fully saturated rings. The minimum absolute atomic E-state index is 0.0210. The Morgan fingerprint density at radius 2 is 2.19 bits per heavy atom. The predicted octanol–water partition coefficient (Wildman–Crippen LogP) is 0.979. The highest BCUT2D eigenvalue weighted by Gasteiger charge is 2.45. The Hall–Kier alpha value is -1.18. The van der Waals surface area contributed by atoms with Gasteiger partial charge in [0.15, 0.2) is 0 Å². The lowest BCUT2D eigenvalue weighted by Gasteiger charge is -2.46. The number of aliphatic hydroxyl groups is 1. The van der Waals surface area contributed by atoms with E-state index in [2.05, 4.69) is 4.98 Å². The van der Waals surface area contributed by atoms with Crippen LogP contribution in [0.1, 0.15) is 32.1 Å². The first-order valence-corrected chi connectivity index (χ1v) is 8.79. The fourth-order valence-electron chi connectivity index (χ4n) is 3.50. The van der Waals surface area contributed by atoms with Crippen molar-refractivity contribution in [2.45, 2.75) is 42.6 Å². The zero-order valence-electron chi connectivity index (χ0n) is 11.9. The molecule has 1 saturated heterocycles. The van der Waals surface area contributed by atoms with Crippen LogP contribution in [0.2, 0.25) is 0 Å². The Bertz CT molecular complexity index is 634. The molecule has 1 aliphatic heterocycles. The topological polar surface area (TPSA) is 96.5 Å². The number of nitrogen functional groups attached to an aromatic ring is 1. The number of pyridine rings is 1. The first kappa shape index (κ1) is 14.7. The molecule has 2 atom stereocenters. The number of piperidine rings is 1. The second-order valence-corrected chi connectivity index (χ2v) is 7.98. The van der Waals surface area contributed by atoms with Crippen molar-refractivity contribution in [2.75, 3.05) is 18.8 Å². The highest BCUT2D eigenvalue weighted by atomic mass is 32.2. The Balaban J connectivity index is 1.86. The molecule has 3 N–H and O–H groups in total. The number of rotatable bonds is 2. The fraction of sp³-hybridized carbons (Fsp3) is 0.643.